The van der Waals surface area contributed by atoms with E-state index >= 15 is 0 Å². The van der Waals surface area contributed by atoms with E-state index in [1.165, 1.54) is 37.4 Å². The molecule has 164 valence electrons. The average molecular weight is 434 g/mol. The number of alkyl halides is 6. The fourth-order valence-electron chi connectivity index (χ4n) is 3.49. The fraction of sp³-hybridized carbons (Fsp3) is 0.400. The van der Waals surface area contributed by atoms with Crippen LogP contribution in [0.25, 0.3) is 0 Å². The molecule has 1 atom stereocenters. The summed E-state index contributed by atoms with van der Waals surface area (Å²) in [5.74, 6) is -0.311. The number of ether oxygens (including phenoxy) is 2. The molecule has 2 aromatic rings. The third-order valence-corrected chi connectivity index (χ3v) is 4.80. The van der Waals surface area contributed by atoms with Crippen molar-refractivity contribution in [3.63, 3.8) is 0 Å². The van der Waals surface area contributed by atoms with E-state index in [1.54, 1.807) is 0 Å². The Morgan fingerprint density at radius 2 is 1.57 bits per heavy atom. The molecular weight excluding hydrogens is 414 g/mol. The molecule has 1 aliphatic heterocycles. The van der Waals surface area contributed by atoms with E-state index in [-0.39, 0.29) is 11.5 Å². The summed E-state index contributed by atoms with van der Waals surface area (Å²) in [7, 11) is 1.29. The van der Waals surface area contributed by atoms with E-state index in [0.717, 1.165) is 12.1 Å². The molecule has 0 aliphatic carbocycles. The molecule has 10 heteroatoms. The molecule has 30 heavy (non-hydrogen) atoms. The number of piperazine rings is 1. The van der Waals surface area contributed by atoms with Gasteiger partial charge in [-0.25, -0.2) is 0 Å². The fourth-order valence-corrected chi connectivity index (χ4v) is 3.49. The molecular formula is C20H20F6N2O2. The molecule has 0 saturated carbocycles. The Morgan fingerprint density at radius 1 is 0.933 bits per heavy atom. The van der Waals surface area contributed by atoms with Gasteiger partial charge in [0.2, 0.25) is 0 Å². The van der Waals surface area contributed by atoms with Gasteiger partial charge in [-0.1, -0.05) is 18.2 Å². The van der Waals surface area contributed by atoms with Crippen LogP contribution in [0.4, 0.5) is 26.3 Å². The minimum absolute atomic E-state index is 0.0592. The van der Waals surface area contributed by atoms with Crippen LogP contribution in [-0.2, 0) is 6.18 Å². The molecule has 0 amide bonds. The van der Waals surface area contributed by atoms with Crippen LogP contribution in [0, 0.1) is 0 Å². The molecule has 0 spiro atoms. The first-order valence-corrected chi connectivity index (χ1v) is 9.14. The second kappa shape index (κ2) is 8.73. The zero-order chi connectivity index (χ0) is 21.9. The maximum atomic E-state index is 13.1. The van der Waals surface area contributed by atoms with Crippen molar-refractivity contribution in [2.75, 3.05) is 33.3 Å². The van der Waals surface area contributed by atoms with E-state index in [9.17, 15) is 26.3 Å². The standard InChI is InChI=1S/C20H20F6N2O2/c1-29-17-12-14(19(21,22)23)4-7-16(17)18(28-10-8-27-9-11-28)13-2-5-15(6-3-13)30-20(24,25)26/h2-7,12,18,27H,8-11H2,1H3/t18-/m0/s1. The Morgan fingerprint density at radius 3 is 2.10 bits per heavy atom. The van der Waals surface area contributed by atoms with Gasteiger partial charge in [0.1, 0.15) is 11.5 Å². The number of hydrogen-bond donors (Lipinski definition) is 1. The molecule has 3 rings (SSSR count). The highest BCUT2D eigenvalue weighted by Crippen LogP contribution is 2.39. The van der Waals surface area contributed by atoms with Gasteiger partial charge in [-0.05, 0) is 29.8 Å². The van der Waals surface area contributed by atoms with Gasteiger partial charge < -0.3 is 14.8 Å². The van der Waals surface area contributed by atoms with Crippen molar-refractivity contribution in [1.82, 2.24) is 10.2 Å². The van der Waals surface area contributed by atoms with Crippen LogP contribution in [0.3, 0.4) is 0 Å². The van der Waals surface area contributed by atoms with Gasteiger partial charge in [-0.2, -0.15) is 13.2 Å². The third kappa shape index (κ3) is 5.37. The summed E-state index contributed by atoms with van der Waals surface area (Å²) >= 11 is 0. The predicted molar refractivity (Wildman–Crippen MR) is 97.4 cm³/mol. The highest BCUT2D eigenvalue weighted by molar-refractivity contribution is 5.45. The second-order valence-corrected chi connectivity index (χ2v) is 6.76. The predicted octanol–water partition coefficient (Wildman–Crippen LogP) is 4.61. The van der Waals surface area contributed by atoms with Gasteiger partial charge in [0.15, 0.2) is 0 Å². The summed E-state index contributed by atoms with van der Waals surface area (Å²) in [6, 6.07) is 8.11. The van der Waals surface area contributed by atoms with Crippen molar-refractivity contribution in [1.29, 1.82) is 0 Å². The molecule has 2 aromatic carbocycles. The Hall–Kier alpha value is -2.46. The lowest BCUT2D eigenvalue weighted by Gasteiger charge is -2.36. The zero-order valence-electron chi connectivity index (χ0n) is 16.0. The van der Waals surface area contributed by atoms with E-state index in [1.807, 2.05) is 4.90 Å². The molecule has 1 saturated heterocycles. The van der Waals surface area contributed by atoms with Crippen molar-refractivity contribution >= 4 is 0 Å². The van der Waals surface area contributed by atoms with Gasteiger partial charge in [-0.15, -0.1) is 13.2 Å². The number of benzene rings is 2. The normalized spacial score (nSPS) is 16.9. The van der Waals surface area contributed by atoms with E-state index in [2.05, 4.69) is 10.1 Å². The first kappa shape index (κ1) is 22.2. The largest absolute Gasteiger partial charge is 0.573 e. The quantitative estimate of drug-likeness (QED) is 0.698. The molecule has 0 bridgehead atoms. The van der Waals surface area contributed by atoms with Gasteiger partial charge >= 0.3 is 12.5 Å². The van der Waals surface area contributed by atoms with Gasteiger partial charge in [0.05, 0.1) is 18.7 Å². The Labute approximate surface area is 169 Å². The number of halogens is 6. The zero-order valence-corrected chi connectivity index (χ0v) is 16.0. The van der Waals surface area contributed by atoms with Crippen LogP contribution in [0.1, 0.15) is 22.7 Å². The SMILES string of the molecule is COc1cc(C(F)(F)F)ccc1[C@H](c1ccc(OC(F)(F)F)cc1)N1CCNCC1. The minimum atomic E-state index is -4.81. The lowest BCUT2D eigenvalue weighted by molar-refractivity contribution is -0.274. The number of hydrogen-bond acceptors (Lipinski definition) is 4. The maximum absolute atomic E-state index is 13.1. The van der Waals surface area contributed by atoms with Crippen LogP contribution in [0.15, 0.2) is 42.5 Å². The second-order valence-electron chi connectivity index (χ2n) is 6.76. The van der Waals surface area contributed by atoms with E-state index in [0.29, 0.717) is 37.3 Å². The number of methoxy groups -OCH3 is 1. The minimum Gasteiger partial charge on any atom is -0.496 e. The van der Waals surface area contributed by atoms with E-state index < -0.39 is 24.1 Å². The molecule has 4 nitrogen and oxygen atoms in total. The maximum Gasteiger partial charge on any atom is 0.573 e. The molecule has 1 heterocycles. The van der Waals surface area contributed by atoms with E-state index in [4.69, 9.17) is 4.74 Å². The smallest absolute Gasteiger partial charge is 0.496 e. The molecule has 1 fully saturated rings. The summed E-state index contributed by atoms with van der Waals surface area (Å²) in [5, 5.41) is 3.20. The van der Waals surface area contributed by atoms with Crippen molar-refractivity contribution in [3.05, 3.63) is 59.2 Å². The first-order valence-electron chi connectivity index (χ1n) is 9.14. The summed E-state index contributed by atoms with van der Waals surface area (Å²) in [6.07, 6.45) is -9.33. The average Bonchev–Trinajstić information content (AvgIpc) is 2.68. The van der Waals surface area contributed by atoms with Crippen molar-refractivity contribution in [2.24, 2.45) is 0 Å². The molecule has 1 N–H and O–H groups in total. The number of rotatable bonds is 5. The summed E-state index contributed by atoms with van der Waals surface area (Å²) in [5.41, 5.74) is 0.275. The first-order chi connectivity index (χ1) is 14.1. The van der Waals surface area contributed by atoms with Crippen LogP contribution in [-0.4, -0.2) is 44.6 Å². The summed E-state index contributed by atoms with van der Waals surface area (Å²) in [4.78, 5) is 2.04. The monoisotopic (exact) mass is 434 g/mol. The van der Waals surface area contributed by atoms with Gasteiger partial charge in [0.25, 0.3) is 0 Å². The highest BCUT2D eigenvalue weighted by atomic mass is 19.4. The highest BCUT2D eigenvalue weighted by Gasteiger charge is 2.34. The van der Waals surface area contributed by atoms with Gasteiger partial charge in [0, 0.05) is 31.7 Å². The van der Waals surface area contributed by atoms with Crippen LogP contribution in [0.5, 0.6) is 11.5 Å². The van der Waals surface area contributed by atoms with Crippen LogP contribution < -0.4 is 14.8 Å². The molecule has 1 aliphatic rings. The summed E-state index contributed by atoms with van der Waals surface area (Å²) in [6.45, 7) is 2.56. The lowest BCUT2D eigenvalue weighted by atomic mass is 9.94. The third-order valence-electron chi connectivity index (χ3n) is 4.80. The number of nitrogens with one attached hydrogen (secondary N) is 1. The Balaban J connectivity index is 2.01. The van der Waals surface area contributed by atoms with Crippen molar-refractivity contribution in [3.8, 4) is 11.5 Å². The lowest BCUT2D eigenvalue weighted by Crippen LogP contribution is -2.45. The Kier molecular flexibility index (Phi) is 6.47. The van der Waals surface area contributed by atoms with Crippen molar-refractivity contribution in [2.45, 2.75) is 18.6 Å². The molecule has 0 radical (unpaired) electrons. The topological polar surface area (TPSA) is 33.7 Å². The molecule has 0 unspecified atom stereocenters. The van der Waals surface area contributed by atoms with Gasteiger partial charge in [-0.3, -0.25) is 4.90 Å². The Bertz CT molecular complexity index is 846. The number of nitrogens with zero attached hydrogens (tertiary/aromatic N) is 1. The molecule has 0 aromatic heterocycles. The van der Waals surface area contributed by atoms with Crippen LogP contribution >= 0.6 is 0 Å². The summed E-state index contributed by atoms with van der Waals surface area (Å²) < 4.78 is 85.8. The van der Waals surface area contributed by atoms with Crippen molar-refractivity contribution < 1.29 is 35.8 Å². The van der Waals surface area contributed by atoms with Crippen LogP contribution in [0.2, 0.25) is 0 Å².